The molecule has 0 unspecified atom stereocenters. The van der Waals surface area contributed by atoms with E-state index in [0.717, 1.165) is 48.4 Å². The standard InChI is InChI=1S/C20H30N4O2/c1-7-24-11-16(13(3)22-24)12(2)21-19(25)18-15-10-14(20(4,5)6)8-9-17(15)26-23-18/h11-12,14H,7-10H2,1-6H3,(H,21,25)/t12-,14+/m1/s1. The molecule has 2 atom stereocenters. The van der Waals surface area contributed by atoms with Crippen LogP contribution < -0.4 is 5.32 Å². The maximum absolute atomic E-state index is 12.8. The number of carbonyl (C=O) groups excluding carboxylic acids is 1. The summed E-state index contributed by atoms with van der Waals surface area (Å²) in [6.07, 6.45) is 4.79. The first-order valence-electron chi connectivity index (χ1n) is 9.53. The fourth-order valence-electron chi connectivity index (χ4n) is 3.78. The molecule has 1 aliphatic rings. The van der Waals surface area contributed by atoms with Gasteiger partial charge in [0.25, 0.3) is 5.91 Å². The Kier molecular flexibility index (Phi) is 4.95. The second-order valence-electron chi connectivity index (χ2n) is 8.46. The van der Waals surface area contributed by atoms with E-state index in [1.807, 2.05) is 31.6 Å². The molecule has 1 aliphatic carbocycles. The lowest BCUT2D eigenvalue weighted by Crippen LogP contribution is -2.30. The van der Waals surface area contributed by atoms with Gasteiger partial charge < -0.3 is 9.84 Å². The molecule has 142 valence electrons. The van der Waals surface area contributed by atoms with E-state index in [-0.39, 0.29) is 17.4 Å². The predicted octanol–water partition coefficient (Wildman–Crippen LogP) is 3.84. The van der Waals surface area contributed by atoms with Crippen LogP contribution in [0.1, 0.15) is 80.2 Å². The van der Waals surface area contributed by atoms with E-state index in [1.54, 1.807) is 0 Å². The van der Waals surface area contributed by atoms with Gasteiger partial charge in [-0.25, -0.2) is 0 Å². The Labute approximate surface area is 155 Å². The molecule has 2 aromatic rings. The molecule has 0 saturated carbocycles. The molecule has 3 rings (SSSR count). The Bertz CT molecular complexity index is 797. The Balaban J connectivity index is 1.77. The molecular weight excluding hydrogens is 328 g/mol. The number of aromatic nitrogens is 3. The summed E-state index contributed by atoms with van der Waals surface area (Å²) in [6, 6.07) is -0.128. The van der Waals surface area contributed by atoms with Crippen molar-refractivity contribution in [2.24, 2.45) is 11.3 Å². The summed E-state index contributed by atoms with van der Waals surface area (Å²) < 4.78 is 7.36. The molecule has 0 aromatic carbocycles. The Morgan fingerprint density at radius 2 is 2.19 bits per heavy atom. The van der Waals surface area contributed by atoms with Gasteiger partial charge in [0.05, 0.1) is 11.7 Å². The molecule has 6 heteroatoms. The summed E-state index contributed by atoms with van der Waals surface area (Å²) >= 11 is 0. The molecule has 2 aromatic heterocycles. The minimum Gasteiger partial charge on any atom is -0.360 e. The third-order valence-corrected chi connectivity index (χ3v) is 5.60. The van der Waals surface area contributed by atoms with Gasteiger partial charge in [-0.05, 0) is 44.9 Å². The highest BCUT2D eigenvalue weighted by Gasteiger charge is 2.34. The fraction of sp³-hybridized carbons (Fsp3) is 0.650. The van der Waals surface area contributed by atoms with Crippen molar-refractivity contribution in [2.75, 3.05) is 0 Å². The summed E-state index contributed by atoms with van der Waals surface area (Å²) in [5.41, 5.74) is 3.62. The van der Waals surface area contributed by atoms with Gasteiger partial charge in [-0.15, -0.1) is 0 Å². The number of nitrogens with one attached hydrogen (secondary N) is 1. The second kappa shape index (κ2) is 6.89. The van der Waals surface area contributed by atoms with Gasteiger partial charge in [0.2, 0.25) is 0 Å². The highest BCUT2D eigenvalue weighted by Crippen LogP contribution is 2.38. The Morgan fingerprint density at radius 1 is 1.46 bits per heavy atom. The van der Waals surface area contributed by atoms with Crippen LogP contribution in [0.5, 0.6) is 0 Å². The van der Waals surface area contributed by atoms with E-state index in [0.29, 0.717) is 11.6 Å². The Morgan fingerprint density at radius 3 is 2.81 bits per heavy atom. The normalized spacial score (nSPS) is 18.5. The zero-order chi connectivity index (χ0) is 19.1. The van der Waals surface area contributed by atoms with E-state index >= 15 is 0 Å². The van der Waals surface area contributed by atoms with Crippen molar-refractivity contribution in [1.82, 2.24) is 20.3 Å². The van der Waals surface area contributed by atoms with E-state index in [1.165, 1.54) is 0 Å². The average Bonchev–Trinajstić information content (AvgIpc) is 3.16. The molecule has 0 saturated heterocycles. The topological polar surface area (TPSA) is 73.0 Å². The van der Waals surface area contributed by atoms with Gasteiger partial charge >= 0.3 is 0 Å². The number of fused-ring (bicyclic) bond motifs is 1. The van der Waals surface area contributed by atoms with Crippen molar-refractivity contribution in [3.05, 3.63) is 34.5 Å². The molecule has 0 spiro atoms. The van der Waals surface area contributed by atoms with Gasteiger partial charge in [-0.3, -0.25) is 9.48 Å². The highest BCUT2D eigenvalue weighted by molar-refractivity contribution is 5.94. The Hall–Kier alpha value is -2.11. The molecule has 1 N–H and O–H groups in total. The molecule has 1 amide bonds. The molecule has 0 aliphatic heterocycles. The first-order chi connectivity index (χ1) is 12.2. The lowest BCUT2D eigenvalue weighted by atomic mass is 9.71. The lowest BCUT2D eigenvalue weighted by Gasteiger charge is -2.33. The maximum Gasteiger partial charge on any atom is 0.274 e. The van der Waals surface area contributed by atoms with Gasteiger partial charge in [-0.1, -0.05) is 25.9 Å². The first-order valence-corrected chi connectivity index (χ1v) is 9.53. The van der Waals surface area contributed by atoms with Crippen LogP contribution >= 0.6 is 0 Å². The van der Waals surface area contributed by atoms with E-state index < -0.39 is 0 Å². The first kappa shape index (κ1) is 18.7. The number of hydrogen-bond acceptors (Lipinski definition) is 4. The third kappa shape index (κ3) is 3.55. The number of aryl methyl sites for hydroxylation is 3. The molecular formula is C20H30N4O2. The van der Waals surface area contributed by atoms with E-state index in [4.69, 9.17) is 4.52 Å². The average molecular weight is 358 g/mol. The smallest absolute Gasteiger partial charge is 0.274 e. The van der Waals surface area contributed by atoms with Crippen LogP contribution in [0.2, 0.25) is 0 Å². The highest BCUT2D eigenvalue weighted by atomic mass is 16.5. The number of rotatable bonds is 4. The molecule has 6 nitrogen and oxygen atoms in total. The number of amides is 1. The van der Waals surface area contributed by atoms with Crippen LogP contribution in [0.15, 0.2) is 10.7 Å². The second-order valence-corrected chi connectivity index (χ2v) is 8.46. The zero-order valence-electron chi connectivity index (χ0n) is 16.7. The minimum atomic E-state index is -0.166. The summed E-state index contributed by atoms with van der Waals surface area (Å²) in [7, 11) is 0. The van der Waals surface area contributed by atoms with Crippen molar-refractivity contribution >= 4 is 5.91 Å². The summed E-state index contributed by atoms with van der Waals surface area (Å²) in [4.78, 5) is 12.8. The predicted molar refractivity (Wildman–Crippen MR) is 100.0 cm³/mol. The van der Waals surface area contributed by atoms with Crippen molar-refractivity contribution in [3.8, 4) is 0 Å². The molecule has 0 bridgehead atoms. The van der Waals surface area contributed by atoms with Crippen LogP contribution in [-0.4, -0.2) is 20.8 Å². The van der Waals surface area contributed by atoms with Crippen molar-refractivity contribution in [2.45, 2.75) is 73.4 Å². The monoisotopic (exact) mass is 358 g/mol. The van der Waals surface area contributed by atoms with Crippen molar-refractivity contribution < 1.29 is 9.32 Å². The number of carbonyl (C=O) groups is 1. The lowest BCUT2D eigenvalue weighted by molar-refractivity contribution is 0.0929. The van der Waals surface area contributed by atoms with Crippen LogP contribution in [-0.2, 0) is 19.4 Å². The maximum atomic E-state index is 12.8. The third-order valence-electron chi connectivity index (χ3n) is 5.60. The quantitative estimate of drug-likeness (QED) is 0.901. The molecule has 0 fully saturated rings. The van der Waals surface area contributed by atoms with Crippen LogP contribution in [0, 0.1) is 18.3 Å². The largest absolute Gasteiger partial charge is 0.360 e. The van der Waals surface area contributed by atoms with Gasteiger partial charge in [0, 0.05) is 30.3 Å². The van der Waals surface area contributed by atoms with Crippen LogP contribution in [0.25, 0.3) is 0 Å². The minimum absolute atomic E-state index is 0.128. The number of hydrogen-bond donors (Lipinski definition) is 1. The molecule has 26 heavy (non-hydrogen) atoms. The van der Waals surface area contributed by atoms with Crippen molar-refractivity contribution in [3.63, 3.8) is 0 Å². The van der Waals surface area contributed by atoms with E-state index in [9.17, 15) is 4.79 Å². The zero-order valence-corrected chi connectivity index (χ0v) is 16.7. The van der Waals surface area contributed by atoms with Crippen LogP contribution in [0.4, 0.5) is 0 Å². The summed E-state index contributed by atoms with van der Waals surface area (Å²) in [6.45, 7) is 13.6. The SMILES string of the molecule is CCn1cc([C@@H](C)NC(=O)c2noc3c2C[C@@H](C(C)(C)C)CC3)c(C)n1. The van der Waals surface area contributed by atoms with Gasteiger partial charge in [0.1, 0.15) is 5.76 Å². The molecule has 2 heterocycles. The fourth-order valence-corrected chi connectivity index (χ4v) is 3.78. The summed E-state index contributed by atoms with van der Waals surface area (Å²) in [5, 5.41) is 11.6. The summed E-state index contributed by atoms with van der Waals surface area (Å²) in [5.74, 6) is 1.24. The van der Waals surface area contributed by atoms with Crippen LogP contribution in [0.3, 0.4) is 0 Å². The van der Waals surface area contributed by atoms with Gasteiger partial charge in [0.15, 0.2) is 5.69 Å². The van der Waals surface area contributed by atoms with E-state index in [2.05, 4.69) is 36.3 Å². The number of nitrogens with zero attached hydrogens (tertiary/aromatic N) is 3. The molecule has 0 radical (unpaired) electrons. The van der Waals surface area contributed by atoms with Crippen molar-refractivity contribution in [1.29, 1.82) is 0 Å². The van der Waals surface area contributed by atoms with Gasteiger partial charge in [-0.2, -0.15) is 5.10 Å².